The van der Waals surface area contributed by atoms with Crippen LogP contribution in [0.2, 0.25) is 0 Å². The fourth-order valence-electron chi connectivity index (χ4n) is 2.46. The Kier molecular flexibility index (Phi) is 8.78. The molecule has 7 heteroatoms. The number of nitrogens with one attached hydrogen (secondary N) is 2. The predicted octanol–water partition coefficient (Wildman–Crippen LogP) is 1.10. The van der Waals surface area contributed by atoms with E-state index in [1.807, 2.05) is 45.0 Å². The van der Waals surface area contributed by atoms with Crippen LogP contribution >= 0.6 is 0 Å². The Morgan fingerprint density at radius 2 is 1.65 bits per heavy atom. The van der Waals surface area contributed by atoms with Crippen molar-refractivity contribution in [2.24, 2.45) is 0 Å². The number of benzene rings is 1. The van der Waals surface area contributed by atoms with Crippen molar-refractivity contribution < 1.29 is 14.4 Å². The van der Waals surface area contributed by atoms with Gasteiger partial charge in [-0.3, -0.25) is 19.3 Å². The standard InChI is InChI=1S/C19H30N4O3/c1-6-15-9-7-8-10-16(15)21-18(25)12-23(5)19(26)13-22(4)11-17(24)20-14(2)3/h7-10,14H,6,11-13H2,1-5H3,(H,20,24)(H,21,25). The van der Waals surface area contributed by atoms with Gasteiger partial charge in [0.2, 0.25) is 17.7 Å². The van der Waals surface area contributed by atoms with Gasteiger partial charge in [0, 0.05) is 18.8 Å². The smallest absolute Gasteiger partial charge is 0.243 e. The van der Waals surface area contributed by atoms with Crippen molar-refractivity contribution in [2.45, 2.75) is 33.2 Å². The lowest BCUT2D eigenvalue weighted by Crippen LogP contribution is -2.44. The summed E-state index contributed by atoms with van der Waals surface area (Å²) in [4.78, 5) is 39.1. The van der Waals surface area contributed by atoms with Gasteiger partial charge in [0.05, 0.1) is 19.6 Å². The number of amides is 3. The minimum atomic E-state index is -0.248. The third-order valence-corrected chi connectivity index (χ3v) is 3.75. The summed E-state index contributed by atoms with van der Waals surface area (Å²) in [7, 11) is 3.28. The first-order valence-electron chi connectivity index (χ1n) is 8.82. The van der Waals surface area contributed by atoms with Gasteiger partial charge < -0.3 is 15.5 Å². The van der Waals surface area contributed by atoms with Crippen LogP contribution in [-0.4, -0.2) is 67.3 Å². The lowest BCUT2D eigenvalue weighted by atomic mass is 10.1. The summed E-state index contributed by atoms with van der Waals surface area (Å²) >= 11 is 0. The van der Waals surface area contributed by atoms with Gasteiger partial charge in [0.15, 0.2) is 0 Å². The molecule has 0 aliphatic carbocycles. The zero-order valence-corrected chi connectivity index (χ0v) is 16.3. The Morgan fingerprint density at radius 1 is 1.00 bits per heavy atom. The number of likely N-dealkylation sites (N-methyl/N-ethyl adjacent to an activating group) is 2. The molecule has 0 aromatic heterocycles. The second-order valence-electron chi connectivity index (χ2n) is 6.70. The van der Waals surface area contributed by atoms with Crippen LogP contribution in [0.3, 0.4) is 0 Å². The molecule has 3 amide bonds. The molecule has 0 bridgehead atoms. The normalized spacial score (nSPS) is 10.7. The summed E-state index contributed by atoms with van der Waals surface area (Å²) in [6.45, 7) is 5.95. The molecule has 0 atom stereocenters. The maximum Gasteiger partial charge on any atom is 0.243 e. The summed E-state index contributed by atoms with van der Waals surface area (Å²) in [5.74, 6) is -0.599. The fourth-order valence-corrected chi connectivity index (χ4v) is 2.46. The number of hydrogen-bond donors (Lipinski definition) is 2. The van der Waals surface area contributed by atoms with Crippen molar-refractivity contribution in [3.8, 4) is 0 Å². The van der Waals surface area contributed by atoms with Gasteiger partial charge in [0.1, 0.15) is 0 Å². The van der Waals surface area contributed by atoms with E-state index in [1.165, 1.54) is 4.90 Å². The van der Waals surface area contributed by atoms with Gasteiger partial charge in [-0.15, -0.1) is 0 Å². The van der Waals surface area contributed by atoms with Gasteiger partial charge in [-0.05, 0) is 38.9 Å². The molecule has 0 radical (unpaired) electrons. The van der Waals surface area contributed by atoms with Gasteiger partial charge in [-0.1, -0.05) is 25.1 Å². The zero-order chi connectivity index (χ0) is 19.7. The highest BCUT2D eigenvalue weighted by atomic mass is 16.2. The summed E-state index contributed by atoms with van der Waals surface area (Å²) in [6, 6.07) is 7.65. The van der Waals surface area contributed by atoms with E-state index in [0.29, 0.717) is 0 Å². The van der Waals surface area contributed by atoms with Crippen molar-refractivity contribution in [1.29, 1.82) is 0 Å². The van der Waals surface area contributed by atoms with Gasteiger partial charge in [-0.2, -0.15) is 0 Å². The zero-order valence-electron chi connectivity index (χ0n) is 16.3. The second kappa shape index (κ2) is 10.6. The van der Waals surface area contributed by atoms with Crippen LogP contribution in [-0.2, 0) is 20.8 Å². The summed E-state index contributed by atoms with van der Waals surface area (Å²) in [6.07, 6.45) is 0.814. The Balaban J connectivity index is 2.48. The Labute approximate surface area is 155 Å². The van der Waals surface area contributed by atoms with Crippen LogP contribution < -0.4 is 10.6 Å². The first kappa shape index (κ1) is 21.6. The van der Waals surface area contributed by atoms with E-state index in [4.69, 9.17) is 0 Å². The lowest BCUT2D eigenvalue weighted by Gasteiger charge is -2.22. The average Bonchev–Trinajstić information content (AvgIpc) is 2.53. The van der Waals surface area contributed by atoms with Gasteiger partial charge in [-0.25, -0.2) is 0 Å². The van der Waals surface area contributed by atoms with Crippen LogP contribution in [0.4, 0.5) is 5.69 Å². The largest absolute Gasteiger partial charge is 0.353 e. The lowest BCUT2D eigenvalue weighted by molar-refractivity contribution is -0.134. The van der Waals surface area contributed by atoms with Crippen molar-refractivity contribution in [1.82, 2.24) is 15.1 Å². The number of carbonyl (C=O) groups is 3. The van der Waals surface area contributed by atoms with Crippen LogP contribution in [0.15, 0.2) is 24.3 Å². The molecule has 2 N–H and O–H groups in total. The van der Waals surface area contributed by atoms with Crippen LogP contribution in [0.25, 0.3) is 0 Å². The maximum absolute atomic E-state index is 12.2. The number of nitrogens with zero attached hydrogens (tertiary/aromatic N) is 2. The van der Waals surface area contributed by atoms with E-state index in [0.717, 1.165) is 17.7 Å². The molecule has 0 fully saturated rings. The van der Waals surface area contributed by atoms with Crippen molar-refractivity contribution in [3.05, 3.63) is 29.8 Å². The molecular formula is C19H30N4O3. The second-order valence-corrected chi connectivity index (χ2v) is 6.70. The van der Waals surface area contributed by atoms with Crippen LogP contribution in [0, 0.1) is 0 Å². The van der Waals surface area contributed by atoms with E-state index in [-0.39, 0.29) is 43.4 Å². The molecule has 0 saturated heterocycles. The molecule has 0 unspecified atom stereocenters. The van der Waals surface area contributed by atoms with Crippen molar-refractivity contribution in [3.63, 3.8) is 0 Å². The molecule has 1 rings (SSSR count). The molecule has 0 spiro atoms. The summed E-state index contributed by atoms with van der Waals surface area (Å²) < 4.78 is 0. The highest BCUT2D eigenvalue weighted by Crippen LogP contribution is 2.15. The molecule has 7 nitrogen and oxygen atoms in total. The molecule has 0 heterocycles. The quantitative estimate of drug-likeness (QED) is 0.689. The molecule has 144 valence electrons. The molecule has 1 aromatic carbocycles. The van der Waals surface area contributed by atoms with E-state index in [2.05, 4.69) is 10.6 Å². The van der Waals surface area contributed by atoms with Crippen LogP contribution in [0.5, 0.6) is 0 Å². The fraction of sp³-hybridized carbons (Fsp3) is 0.526. The van der Waals surface area contributed by atoms with E-state index in [1.54, 1.807) is 19.0 Å². The number of rotatable bonds is 9. The summed E-state index contributed by atoms with van der Waals surface area (Å²) in [5.41, 5.74) is 1.81. The average molecular weight is 362 g/mol. The maximum atomic E-state index is 12.2. The molecule has 0 aliphatic rings. The van der Waals surface area contributed by atoms with E-state index < -0.39 is 0 Å². The minimum Gasteiger partial charge on any atom is -0.353 e. The Morgan fingerprint density at radius 3 is 2.27 bits per heavy atom. The first-order chi connectivity index (χ1) is 12.2. The molecule has 1 aromatic rings. The number of anilines is 1. The van der Waals surface area contributed by atoms with Crippen molar-refractivity contribution in [2.75, 3.05) is 39.0 Å². The first-order valence-corrected chi connectivity index (χ1v) is 8.82. The molecular weight excluding hydrogens is 332 g/mol. The minimum absolute atomic E-state index is 0.0388. The van der Waals surface area contributed by atoms with Gasteiger partial charge >= 0.3 is 0 Å². The third kappa shape index (κ3) is 7.65. The highest BCUT2D eigenvalue weighted by molar-refractivity contribution is 5.95. The number of aryl methyl sites for hydroxylation is 1. The predicted molar refractivity (Wildman–Crippen MR) is 103 cm³/mol. The Hall–Kier alpha value is -2.41. The molecule has 0 aliphatic heterocycles. The van der Waals surface area contributed by atoms with Gasteiger partial charge in [0.25, 0.3) is 0 Å². The summed E-state index contributed by atoms with van der Waals surface area (Å²) in [5, 5.41) is 5.62. The number of hydrogen-bond acceptors (Lipinski definition) is 4. The third-order valence-electron chi connectivity index (χ3n) is 3.75. The van der Waals surface area contributed by atoms with E-state index in [9.17, 15) is 14.4 Å². The van der Waals surface area contributed by atoms with Crippen LogP contribution in [0.1, 0.15) is 26.3 Å². The highest BCUT2D eigenvalue weighted by Gasteiger charge is 2.17. The SMILES string of the molecule is CCc1ccccc1NC(=O)CN(C)C(=O)CN(C)CC(=O)NC(C)C. The topological polar surface area (TPSA) is 81.8 Å². The number of para-hydroxylation sites is 1. The van der Waals surface area contributed by atoms with E-state index >= 15 is 0 Å². The molecule has 0 saturated carbocycles. The van der Waals surface area contributed by atoms with Crippen molar-refractivity contribution >= 4 is 23.4 Å². The molecule has 26 heavy (non-hydrogen) atoms. The Bertz CT molecular complexity index is 631. The number of carbonyl (C=O) groups excluding carboxylic acids is 3. The monoisotopic (exact) mass is 362 g/mol.